The zero-order chi connectivity index (χ0) is 19.0. The van der Waals surface area contributed by atoms with Crippen molar-refractivity contribution in [3.63, 3.8) is 0 Å². The summed E-state index contributed by atoms with van der Waals surface area (Å²) in [5.74, 6) is 2.13. The Morgan fingerprint density at radius 2 is 1.62 bits per heavy atom. The van der Waals surface area contributed by atoms with Crippen LogP contribution in [-0.4, -0.2) is 36.5 Å². The third kappa shape index (κ3) is 4.47. The van der Waals surface area contributed by atoms with Gasteiger partial charge >= 0.3 is 11.3 Å². The van der Waals surface area contributed by atoms with Gasteiger partial charge in [0.2, 0.25) is 0 Å². The quantitative estimate of drug-likeness (QED) is 0.503. The van der Waals surface area contributed by atoms with Crippen LogP contribution in [0.15, 0.2) is 0 Å². The van der Waals surface area contributed by atoms with E-state index in [1.54, 1.807) is 0 Å². The van der Waals surface area contributed by atoms with Crippen molar-refractivity contribution < 1.29 is 31.3 Å². The molecule has 6 nitrogen and oxygen atoms in total. The van der Waals surface area contributed by atoms with Gasteiger partial charge < -0.3 is 14.6 Å². The number of hydrogen-bond acceptors (Lipinski definition) is 5. The highest BCUT2D eigenvalue weighted by Crippen LogP contribution is 2.55. The second-order valence-corrected chi connectivity index (χ2v) is 9.87. The minimum atomic E-state index is -5.61. The number of alkyl halides is 2. The summed E-state index contributed by atoms with van der Waals surface area (Å²) in [6.07, 6.45) is 5.93. The number of rotatable bonds is 8. The second kappa shape index (κ2) is 7.22. The Balaban J connectivity index is 1.33. The first-order chi connectivity index (χ1) is 12.1. The molecule has 0 aromatic heterocycles. The Kier molecular flexibility index (Phi) is 5.50. The highest BCUT2D eigenvalue weighted by molar-refractivity contribution is 7.86. The van der Waals surface area contributed by atoms with Crippen LogP contribution in [0, 0.1) is 17.8 Å². The first-order valence-corrected chi connectivity index (χ1v) is 10.8. The lowest BCUT2D eigenvalue weighted by Gasteiger charge is -2.56. The van der Waals surface area contributed by atoms with Crippen LogP contribution in [0.4, 0.5) is 13.6 Å². The average molecular weight is 394 g/mol. The van der Waals surface area contributed by atoms with Gasteiger partial charge in [-0.15, -0.1) is 0 Å². The molecular formula is C17H26F2NO5S-. The summed E-state index contributed by atoms with van der Waals surface area (Å²) in [5.41, 5.74) is -0.129. The molecule has 4 rings (SSSR count). The zero-order valence-corrected chi connectivity index (χ0v) is 15.5. The predicted molar refractivity (Wildman–Crippen MR) is 88.5 cm³/mol. The Morgan fingerprint density at radius 3 is 2.12 bits per heavy atom. The fourth-order valence-corrected chi connectivity index (χ4v) is 5.81. The van der Waals surface area contributed by atoms with E-state index in [1.165, 1.54) is 19.3 Å². The molecule has 0 heterocycles. The van der Waals surface area contributed by atoms with Crippen LogP contribution < -0.4 is 5.32 Å². The number of nitrogens with one attached hydrogen (secondary N) is 1. The predicted octanol–water partition coefficient (Wildman–Crippen LogP) is 3.38. The van der Waals surface area contributed by atoms with Gasteiger partial charge in [-0.1, -0.05) is 0 Å². The van der Waals surface area contributed by atoms with E-state index in [4.69, 9.17) is 4.74 Å². The molecule has 1 N–H and O–H groups in total. The maximum absolute atomic E-state index is 13.0. The molecule has 4 fully saturated rings. The number of carbonyl (C=O) groups excluding carboxylic acids is 1. The molecule has 0 aromatic carbocycles. The van der Waals surface area contributed by atoms with E-state index in [1.807, 2.05) is 0 Å². The summed E-state index contributed by atoms with van der Waals surface area (Å²) in [6, 6.07) is 0. The Hall–Kier alpha value is -0.960. The third-order valence-electron chi connectivity index (χ3n) is 6.12. The van der Waals surface area contributed by atoms with Crippen LogP contribution in [0.1, 0.15) is 64.2 Å². The van der Waals surface area contributed by atoms with Gasteiger partial charge in [0.1, 0.15) is 0 Å². The highest BCUT2D eigenvalue weighted by atomic mass is 32.2. The first-order valence-electron chi connectivity index (χ1n) is 9.37. The molecule has 0 radical (unpaired) electrons. The highest BCUT2D eigenvalue weighted by Gasteiger charge is 2.51. The number of carbonyl (C=O) groups is 1. The van der Waals surface area contributed by atoms with Crippen LogP contribution in [0.5, 0.6) is 0 Å². The van der Waals surface area contributed by atoms with Crippen LogP contribution >= 0.6 is 0 Å². The van der Waals surface area contributed by atoms with Gasteiger partial charge in [0.05, 0.1) is 6.61 Å². The van der Waals surface area contributed by atoms with Crippen molar-refractivity contribution in [2.24, 2.45) is 17.8 Å². The fourth-order valence-electron chi connectivity index (χ4n) is 5.42. The number of halogens is 2. The van der Waals surface area contributed by atoms with Crippen molar-refractivity contribution in [2.75, 3.05) is 6.61 Å². The van der Waals surface area contributed by atoms with E-state index >= 15 is 0 Å². The summed E-state index contributed by atoms with van der Waals surface area (Å²) >= 11 is 0. The molecule has 0 aromatic rings. The van der Waals surface area contributed by atoms with Gasteiger partial charge in [0.25, 0.3) is 0 Å². The fraction of sp³-hybridized carbons (Fsp3) is 0.941. The number of hydrogen-bond donors (Lipinski definition) is 1. The van der Waals surface area contributed by atoms with Crippen LogP contribution in [-0.2, 0) is 14.9 Å². The van der Waals surface area contributed by atoms with E-state index in [-0.39, 0.29) is 25.0 Å². The second-order valence-electron chi connectivity index (χ2n) is 8.36. The van der Waals surface area contributed by atoms with Crippen molar-refractivity contribution in [2.45, 2.75) is 75.0 Å². The maximum Gasteiger partial charge on any atom is 0.407 e. The van der Waals surface area contributed by atoms with Gasteiger partial charge in [-0.2, -0.15) is 8.78 Å². The van der Waals surface area contributed by atoms with Gasteiger partial charge in [0.15, 0.2) is 10.1 Å². The molecule has 150 valence electrons. The SMILES string of the molecule is O=C(NC12CC3CC(CC(C3)C1)C2)OCCCCCC(F)(F)S(=O)(=O)[O-]. The van der Waals surface area contributed by atoms with E-state index < -0.39 is 27.9 Å². The Bertz CT molecular complexity index is 602. The van der Waals surface area contributed by atoms with Gasteiger partial charge in [-0.3, -0.25) is 0 Å². The summed E-state index contributed by atoms with van der Waals surface area (Å²) in [5, 5.41) is -1.17. The van der Waals surface area contributed by atoms with Crippen LogP contribution in [0.2, 0.25) is 0 Å². The van der Waals surface area contributed by atoms with Crippen molar-refractivity contribution >= 4 is 16.2 Å². The largest absolute Gasteiger partial charge is 0.743 e. The normalized spacial score (nSPS) is 33.3. The number of amides is 1. The van der Waals surface area contributed by atoms with Gasteiger partial charge in [-0.05, 0) is 75.5 Å². The van der Waals surface area contributed by atoms with E-state index in [0.29, 0.717) is 24.2 Å². The number of alkyl carbamates (subject to hydrolysis) is 1. The molecule has 26 heavy (non-hydrogen) atoms. The Labute approximate surface area is 152 Å². The lowest BCUT2D eigenvalue weighted by atomic mass is 9.53. The van der Waals surface area contributed by atoms with E-state index in [0.717, 1.165) is 19.3 Å². The lowest BCUT2D eigenvalue weighted by molar-refractivity contribution is -0.0191. The van der Waals surface area contributed by atoms with E-state index in [9.17, 15) is 26.5 Å². The monoisotopic (exact) mass is 394 g/mol. The molecule has 4 saturated carbocycles. The average Bonchev–Trinajstić information content (AvgIpc) is 2.47. The standard InChI is InChI=1S/C17H27F2NO5S/c18-17(19,26(22,23)24)4-2-1-3-5-25-15(21)20-16-9-12-6-13(10-16)8-14(7-12)11-16/h12-14H,1-11H2,(H,20,21)(H,22,23,24)/p-1. The minimum Gasteiger partial charge on any atom is -0.743 e. The van der Waals surface area contributed by atoms with E-state index in [2.05, 4.69) is 5.32 Å². The number of unbranched alkanes of at least 4 members (excludes halogenated alkanes) is 2. The van der Waals surface area contributed by atoms with Crippen molar-refractivity contribution in [3.05, 3.63) is 0 Å². The van der Waals surface area contributed by atoms with Crippen LogP contribution in [0.25, 0.3) is 0 Å². The minimum absolute atomic E-state index is 0.0912. The van der Waals surface area contributed by atoms with Crippen molar-refractivity contribution in [1.82, 2.24) is 5.32 Å². The molecular weight excluding hydrogens is 368 g/mol. The molecule has 0 aliphatic heterocycles. The Morgan fingerprint density at radius 1 is 1.08 bits per heavy atom. The molecule has 1 amide bonds. The van der Waals surface area contributed by atoms with Crippen LogP contribution in [0.3, 0.4) is 0 Å². The maximum atomic E-state index is 13.0. The molecule has 0 saturated heterocycles. The molecule has 4 aliphatic carbocycles. The van der Waals surface area contributed by atoms with Crippen molar-refractivity contribution in [3.8, 4) is 0 Å². The summed E-state index contributed by atoms with van der Waals surface area (Å²) < 4.78 is 62.3. The lowest BCUT2D eigenvalue weighted by Crippen LogP contribution is -2.59. The number of ether oxygens (including phenoxy) is 1. The molecule has 0 atom stereocenters. The summed E-state index contributed by atoms with van der Waals surface area (Å²) in [6.45, 7) is 0.0912. The van der Waals surface area contributed by atoms with Crippen molar-refractivity contribution in [1.29, 1.82) is 0 Å². The summed E-state index contributed by atoms with van der Waals surface area (Å²) in [7, 11) is -5.61. The zero-order valence-electron chi connectivity index (χ0n) is 14.7. The van der Waals surface area contributed by atoms with Gasteiger partial charge in [-0.25, -0.2) is 13.2 Å². The molecule has 4 aliphatic rings. The molecule has 0 unspecified atom stereocenters. The first kappa shape index (κ1) is 19.8. The smallest absolute Gasteiger partial charge is 0.407 e. The topological polar surface area (TPSA) is 95.5 Å². The molecule has 4 bridgehead atoms. The third-order valence-corrected chi connectivity index (χ3v) is 7.05. The van der Waals surface area contributed by atoms with Gasteiger partial charge in [0, 0.05) is 12.0 Å². The molecule has 0 spiro atoms. The molecule has 9 heteroatoms. The summed E-state index contributed by atoms with van der Waals surface area (Å²) in [4.78, 5) is 12.1.